The molecule has 7 heteroatoms. The molecule has 1 aliphatic heterocycles. The molecule has 5 nitrogen and oxygen atoms in total. The van der Waals surface area contributed by atoms with Crippen molar-refractivity contribution in [2.45, 2.75) is 32.2 Å². The first kappa shape index (κ1) is 16.9. The van der Waals surface area contributed by atoms with E-state index in [4.69, 9.17) is 23.2 Å². The highest BCUT2D eigenvalue weighted by Gasteiger charge is 2.24. The van der Waals surface area contributed by atoms with Crippen molar-refractivity contribution in [2.75, 3.05) is 18.4 Å². The van der Waals surface area contributed by atoms with Crippen LogP contribution in [0, 0.1) is 0 Å². The molecule has 0 spiro atoms. The lowest BCUT2D eigenvalue weighted by Crippen LogP contribution is -2.50. The van der Waals surface area contributed by atoms with E-state index in [1.54, 1.807) is 23.1 Å². The summed E-state index contributed by atoms with van der Waals surface area (Å²) in [6, 6.07) is 4.68. The van der Waals surface area contributed by atoms with Crippen LogP contribution in [0.15, 0.2) is 18.2 Å². The van der Waals surface area contributed by atoms with Gasteiger partial charge in [-0.3, -0.25) is 4.79 Å². The fraction of sp³-hybridized carbons (Fsp3) is 0.467. The van der Waals surface area contributed by atoms with Gasteiger partial charge in [0.2, 0.25) is 5.91 Å². The molecule has 0 aliphatic carbocycles. The maximum Gasteiger partial charge on any atom is 0.321 e. The molecule has 1 saturated heterocycles. The van der Waals surface area contributed by atoms with Gasteiger partial charge in [-0.2, -0.15) is 0 Å². The normalized spacial score (nSPS) is 18.0. The minimum atomic E-state index is -0.236. The van der Waals surface area contributed by atoms with Crippen molar-refractivity contribution >= 4 is 40.8 Å². The molecule has 1 fully saturated rings. The van der Waals surface area contributed by atoms with Crippen LogP contribution in [-0.4, -0.2) is 36.0 Å². The minimum Gasteiger partial charge on any atom is -0.352 e. The lowest BCUT2D eigenvalue weighted by Gasteiger charge is -2.33. The lowest BCUT2D eigenvalue weighted by atomic mass is 10.1. The van der Waals surface area contributed by atoms with Gasteiger partial charge in [0.05, 0.1) is 10.7 Å². The molecule has 0 bridgehead atoms. The Morgan fingerprint density at radius 3 is 2.86 bits per heavy atom. The van der Waals surface area contributed by atoms with E-state index < -0.39 is 0 Å². The molecule has 1 aliphatic rings. The highest BCUT2D eigenvalue weighted by Crippen LogP contribution is 2.26. The van der Waals surface area contributed by atoms with Crippen LogP contribution in [0.2, 0.25) is 10.0 Å². The number of urea groups is 1. The van der Waals surface area contributed by atoms with Crippen LogP contribution in [0.1, 0.15) is 26.2 Å². The van der Waals surface area contributed by atoms with E-state index in [1.165, 1.54) is 0 Å². The zero-order chi connectivity index (χ0) is 16.1. The second-order valence-electron chi connectivity index (χ2n) is 5.26. The summed E-state index contributed by atoms with van der Waals surface area (Å²) in [5, 5.41) is 6.64. The first-order valence-corrected chi connectivity index (χ1v) is 8.05. The van der Waals surface area contributed by atoms with Crippen LogP contribution in [0.3, 0.4) is 0 Å². The molecule has 0 aromatic heterocycles. The Labute approximate surface area is 139 Å². The van der Waals surface area contributed by atoms with Crippen molar-refractivity contribution in [2.24, 2.45) is 0 Å². The van der Waals surface area contributed by atoms with Gasteiger partial charge in [0, 0.05) is 30.6 Å². The predicted molar refractivity (Wildman–Crippen MR) is 88.5 cm³/mol. The summed E-state index contributed by atoms with van der Waals surface area (Å²) in [5.41, 5.74) is 0.485. The van der Waals surface area contributed by atoms with Crippen LogP contribution in [0.25, 0.3) is 0 Å². The molecule has 0 radical (unpaired) electrons. The number of hydrogen-bond donors (Lipinski definition) is 2. The molecule has 1 aromatic carbocycles. The Bertz CT molecular complexity index is 566. The van der Waals surface area contributed by atoms with Crippen molar-refractivity contribution < 1.29 is 9.59 Å². The van der Waals surface area contributed by atoms with E-state index in [0.717, 1.165) is 12.8 Å². The lowest BCUT2D eigenvalue weighted by molar-refractivity contribution is -0.121. The molecular weight excluding hydrogens is 325 g/mol. The van der Waals surface area contributed by atoms with Gasteiger partial charge in [0.15, 0.2) is 0 Å². The first-order chi connectivity index (χ1) is 10.5. The number of benzene rings is 1. The fourth-order valence-electron chi connectivity index (χ4n) is 2.40. The summed E-state index contributed by atoms with van der Waals surface area (Å²) in [6.45, 7) is 2.96. The van der Waals surface area contributed by atoms with Crippen molar-refractivity contribution in [3.63, 3.8) is 0 Å². The highest BCUT2D eigenvalue weighted by molar-refractivity contribution is 6.35. The monoisotopic (exact) mass is 343 g/mol. The third-order valence-corrected chi connectivity index (χ3v) is 4.13. The summed E-state index contributed by atoms with van der Waals surface area (Å²) in [4.78, 5) is 25.5. The number of carbonyl (C=O) groups excluding carboxylic acids is 2. The fourth-order valence-corrected chi connectivity index (χ4v) is 2.73. The number of piperidine rings is 1. The second-order valence-corrected chi connectivity index (χ2v) is 6.10. The van der Waals surface area contributed by atoms with E-state index in [-0.39, 0.29) is 18.0 Å². The average molecular weight is 344 g/mol. The molecule has 0 unspecified atom stereocenters. The Kier molecular flexibility index (Phi) is 5.91. The van der Waals surface area contributed by atoms with E-state index >= 15 is 0 Å². The van der Waals surface area contributed by atoms with Crippen LogP contribution < -0.4 is 10.6 Å². The Morgan fingerprint density at radius 2 is 2.14 bits per heavy atom. The van der Waals surface area contributed by atoms with E-state index in [0.29, 0.717) is 35.2 Å². The molecule has 2 rings (SSSR count). The number of likely N-dealkylation sites (tertiary alicyclic amines) is 1. The van der Waals surface area contributed by atoms with Gasteiger partial charge < -0.3 is 15.5 Å². The van der Waals surface area contributed by atoms with Crippen molar-refractivity contribution in [3.8, 4) is 0 Å². The summed E-state index contributed by atoms with van der Waals surface area (Å²) in [6.07, 6.45) is 2.18. The molecule has 22 heavy (non-hydrogen) atoms. The molecule has 3 amide bonds. The number of amides is 3. The van der Waals surface area contributed by atoms with Crippen LogP contribution in [0.4, 0.5) is 10.5 Å². The molecule has 1 atom stereocenters. The zero-order valence-electron chi connectivity index (χ0n) is 12.4. The van der Waals surface area contributed by atoms with E-state index in [1.807, 2.05) is 6.92 Å². The summed E-state index contributed by atoms with van der Waals surface area (Å²) in [5.74, 6) is 0.00476. The first-order valence-electron chi connectivity index (χ1n) is 7.30. The predicted octanol–water partition coefficient (Wildman–Crippen LogP) is 3.52. The average Bonchev–Trinajstić information content (AvgIpc) is 2.51. The van der Waals surface area contributed by atoms with E-state index in [2.05, 4.69) is 10.6 Å². The second kappa shape index (κ2) is 7.70. The number of carbonyl (C=O) groups is 2. The number of halogens is 2. The van der Waals surface area contributed by atoms with E-state index in [9.17, 15) is 9.59 Å². The highest BCUT2D eigenvalue weighted by atomic mass is 35.5. The van der Waals surface area contributed by atoms with Gasteiger partial charge in [-0.25, -0.2) is 4.79 Å². The van der Waals surface area contributed by atoms with Crippen molar-refractivity contribution in [3.05, 3.63) is 28.2 Å². The zero-order valence-corrected chi connectivity index (χ0v) is 13.9. The maximum absolute atomic E-state index is 12.3. The number of rotatable bonds is 3. The smallest absolute Gasteiger partial charge is 0.321 e. The number of hydrogen-bond acceptors (Lipinski definition) is 2. The van der Waals surface area contributed by atoms with Crippen LogP contribution in [0.5, 0.6) is 0 Å². The topological polar surface area (TPSA) is 61.4 Å². The number of anilines is 1. The largest absolute Gasteiger partial charge is 0.352 e. The number of nitrogens with one attached hydrogen (secondary N) is 2. The van der Waals surface area contributed by atoms with Gasteiger partial charge in [-0.1, -0.05) is 30.1 Å². The van der Waals surface area contributed by atoms with Crippen molar-refractivity contribution in [1.82, 2.24) is 10.2 Å². The Balaban J connectivity index is 1.97. The van der Waals surface area contributed by atoms with Crippen LogP contribution in [-0.2, 0) is 4.79 Å². The molecule has 0 saturated carbocycles. The Hall–Kier alpha value is -1.46. The summed E-state index contributed by atoms with van der Waals surface area (Å²) in [7, 11) is 0. The van der Waals surface area contributed by atoms with Crippen molar-refractivity contribution in [1.29, 1.82) is 0 Å². The minimum absolute atomic E-state index is 0.00165. The number of nitrogens with zero attached hydrogens (tertiary/aromatic N) is 1. The molecular formula is C15H19Cl2N3O2. The molecule has 1 aromatic rings. The third-order valence-electron chi connectivity index (χ3n) is 3.56. The third kappa shape index (κ3) is 4.52. The SMILES string of the molecule is CCC(=O)N[C@H]1CCCN(C(=O)Nc2cc(Cl)ccc2Cl)C1. The van der Waals surface area contributed by atoms with Gasteiger partial charge in [-0.15, -0.1) is 0 Å². The van der Waals surface area contributed by atoms with Crippen LogP contribution >= 0.6 is 23.2 Å². The quantitative estimate of drug-likeness (QED) is 0.881. The maximum atomic E-state index is 12.3. The summed E-state index contributed by atoms with van der Waals surface area (Å²) < 4.78 is 0. The summed E-state index contributed by atoms with van der Waals surface area (Å²) >= 11 is 12.0. The molecule has 2 N–H and O–H groups in total. The van der Waals surface area contributed by atoms with Gasteiger partial charge in [-0.05, 0) is 31.0 Å². The van der Waals surface area contributed by atoms with Gasteiger partial charge >= 0.3 is 6.03 Å². The molecule has 120 valence electrons. The van der Waals surface area contributed by atoms with Gasteiger partial charge in [0.25, 0.3) is 0 Å². The standard InChI is InChI=1S/C15H19Cl2N3O2/c1-2-14(21)18-11-4-3-7-20(9-11)15(22)19-13-8-10(16)5-6-12(13)17/h5-6,8,11H,2-4,7,9H2,1H3,(H,18,21)(H,19,22)/t11-/m0/s1. The Morgan fingerprint density at radius 1 is 1.36 bits per heavy atom. The molecule has 1 heterocycles. The van der Waals surface area contributed by atoms with Gasteiger partial charge in [0.1, 0.15) is 0 Å².